The number of hydrogen-bond donors (Lipinski definition) is 2. The molecule has 0 saturated carbocycles. The fourth-order valence-electron chi connectivity index (χ4n) is 2.35. The summed E-state index contributed by atoms with van der Waals surface area (Å²) in [7, 11) is 0. The maximum absolute atomic E-state index is 5.88. The molecule has 0 spiro atoms. The lowest BCUT2D eigenvalue weighted by molar-refractivity contribution is 0.306. The second-order valence-electron chi connectivity index (χ2n) is 5.53. The first kappa shape index (κ1) is 17.5. The highest BCUT2D eigenvalue weighted by Gasteiger charge is 2.03. The summed E-state index contributed by atoms with van der Waals surface area (Å²) in [6.07, 6.45) is 0.803. The second-order valence-corrected chi connectivity index (χ2v) is 6.35. The van der Waals surface area contributed by atoms with Crippen molar-refractivity contribution in [2.45, 2.75) is 26.5 Å². The molecule has 5 nitrogen and oxygen atoms in total. The maximum atomic E-state index is 5.88. The summed E-state index contributed by atoms with van der Waals surface area (Å²) in [6.45, 7) is 3.20. The second kappa shape index (κ2) is 8.18. The highest BCUT2D eigenvalue weighted by molar-refractivity contribution is 7.71. The lowest BCUT2D eigenvalue weighted by Gasteiger charge is -2.10. The largest absolute Gasteiger partial charge is 0.489 e. The summed E-state index contributed by atoms with van der Waals surface area (Å²) in [6, 6.07) is 15.6. The molecule has 0 fully saturated rings. The summed E-state index contributed by atoms with van der Waals surface area (Å²) in [5, 5.41) is 7.69. The van der Waals surface area contributed by atoms with Crippen LogP contribution in [0.3, 0.4) is 0 Å². The van der Waals surface area contributed by atoms with Crippen molar-refractivity contribution in [2.24, 2.45) is 0 Å². The molecule has 0 amide bonds. The minimum Gasteiger partial charge on any atom is -0.489 e. The van der Waals surface area contributed by atoms with Crippen LogP contribution in [0.5, 0.6) is 5.75 Å². The van der Waals surface area contributed by atoms with Crippen LogP contribution in [-0.4, -0.2) is 14.9 Å². The molecule has 25 heavy (non-hydrogen) atoms. The molecular weight excluding hydrogens is 356 g/mol. The number of nitrogens with zero attached hydrogens (tertiary/aromatic N) is 2. The third kappa shape index (κ3) is 4.61. The molecule has 3 rings (SSSR count). The summed E-state index contributed by atoms with van der Waals surface area (Å²) >= 11 is 11.1. The first-order chi connectivity index (χ1) is 12.2. The molecule has 130 valence electrons. The molecule has 0 bridgehead atoms. The van der Waals surface area contributed by atoms with Gasteiger partial charge in [-0.25, -0.2) is 4.68 Å². The van der Waals surface area contributed by atoms with E-state index in [1.54, 1.807) is 4.68 Å². The molecule has 0 unspecified atom stereocenters. The number of nitrogens with one attached hydrogen (secondary N) is 2. The average molecular weight is 375 g/mol. The van der Waals surface area contributed by atoms with Gasteiger partial charge in [-0.05, 0) is 47.6 Å². The number of aromatic amines is 1. The van der Waals surface area contributed by atoms with Gasteiger partial charge in [-0.1, -0.05) is 42.8 Å². The molecule has 0 aliphatic carbocycles. The molecule has 0 radical (unpaired) electrons. The minimum atomic E-state index is 0.513. The van der Waals surface area contributed by atoms with E-state index in [1.807, 2.05) is 55.5 Å². The number of ether oxygens (including phenoxy) is 1. The molecule has 0 aliphatic rings. The lowest BCUT2D eigenvalue weighted by atomic mass is 10.2. The van der Waals surface area contributed by atoms with Crippen LogP contribution in [0, 0.1) is 4.77 Å². The van der Waals surface area contributed by atoms with Gasteiger partial charge in [-0.15, -0.1) is 0 Å². The van der Waals surface area contributed by atoms with E-state index in [4.69, 9.17) is 28.6 Å². The fourth-order valence-corrected chi connectivity index (χ4v) is 2.69. The first-order valence-electron chi connectivity index (χ1n) is 8.02. The Hall–Kier alpha value is -2.31. The number of H-pyrrole nitrogens is 1. The minimum absolute atomic E-state index is 0.513. The van der Waals surface area contributed by atoms with Crippen molar-refractivity contribution in [1.29, 1.82) is 0 Å². The number of hydrogen-bond acceptors (Lipinski definition) is 4. The Morgan fingerprint density at radius 2 is 1.80 bits per heavy atom. The maximum Gasteiger partial charge on any atom is 0.214 e. The van der Waals surface area contributed by atoms with E-state index < -0.39 is 0 Å². The normalized spacial score (nSPS) is 10.6. The third-order valence-corrected chi connectivity index (χ3v) is 4.27. The third-order valence-electron chi connectivity index (χ3n) is 3.74. The highest BCUT2D eigenvalue weighted by atomic mass is 35.5. The van der Waals surface area contributed by atoms with Crippen molar-refractivity contribution in [3.63, 3.8) is 0 Å². The zero-order valence-corrected chi connectivity index (χ0v) is 15.4. The van der Waals surface area contributed by atoms with Gasteiger partial charge in [-0.3, -0.25) is 5.10 Å². The van der Waals surface area contributed by atoms with E-state index in [1.165, 1.54) is 0 Å². The average Bonchev–Trinajstić information content (AvgIpc) is 3.00. The monoisotopic (exact) mass is 374 g/mol. The zero-order chi connectivity index (χ0) is 17.6. The predicted octanol–water partition coefficient (Wildman–Crippen LogP) is 4.48. The van der Waals surface area contributed by atoms with Crippen molar-refractivity contribution >= 4 is 23.8 Å². The zero-order valence-electron chi connectivity index (χ0n) is 13.8. The van der Waals surface area contributed by atoms with E-state index in [0.717, 1.165) is 34.1 Å². The van der Waals surface area contributed by atoms with Crippen LogP contribution in [0.4, 0.5) is 0 Å². The number of aryl methyl sites for hydroxylation is 1. The Morgan fingerprint density at radius 3 is 2.48 bits per heavy atom. The number of halogens is 1. The van der Waals surface area contributed by atoms with E-state index in [9.17, 15) is 0 Å². The van der Waals surface area contributed by atoms with Crippen LogP contribution in [0.25, 0.3) is 0 Å². The number of benzene rings is 2. The lowest BCUT2D eigenvalue weighted by Crippen LogP contribution is -2.17. The summed E-state index contributed by atoms with van der Waals surface area (Å²) < 4.78 is 8.17. The first-order valence-corrected chi connectivity index (χ1v) is 8.80. The Morgan fingerprint density at radius 1 is 1.12 bits per heavy atom. The van der Waals surface area contributed by atoms with Gasteiger partial charge >= 0.3 is 0 Å². The Bertz CT molecular complexity index is 871. The van der Waals surface area contributed by atoms with Crippen molar-refractivity contribution in [1.82, 2.24) is 14.9 Å². The molecule has 0 saturated heterocycles. The van der Waals surface area contributed by atoms with Gasteiger partial charge in [-0.2, -0.15) is 5.10 Å². The van der Waals surface area contributed by atoms with Crippen LogP contribution in [0.1, 0.15) is 23.9 Å². The molecule has 3 aromatic rings. The molecule has 0 aliphatic heterocycles. The van der Waals surface area contributed by atoms with Crippen molar-refractivity contribution < 1.29 is 4.74 Å². The van der Waals surface area contributed by atoms with Gasteiger partial charge in [0.05, 0.1) is 6.54 Å². The van der Waals surface area contributed by atoms with Gasteiger partial charge < -0.3 is 10.2 Å². The quantitative estimate of drug-likeness (QED) is 0.599. The fraction of sp³-hybridized carbons (Fsp3) is 0.222. The van der Waals surface area contributed by atoms with E-state index in [0.29, 0.717) is 17.9 Å². The smallest absolute Gasteiger partial charge is 0.214 e. The Balaban J connectivity index is 1.56. The van der Waals surface area contributed by atoms with E-state index in [-0.39, 0.29) is 0 Å². The van der Waals surface area contributed by atoms with Crippen molar-refractivity contribution in [3.8, 4) is 5.75 Å². The van der Waals surface area contributed by atoms with Gasteiger partial charge in [0.25, 0.3) is 0 Å². The summed E-state index contributed by atoms with van der Waals surface area (Å²) in [5.41, 5.74) is 5.49. The molecule has 0 atom stereocenters. The van der Waals surface area contributed by atoms with Crippen molar-refractivity contribution in [2.75, 3.05) is 5.43 Å². The Labute approximate surface area is 156 Å². The molecule has 2 N–H and O–H groups in total. The highest BCUT2D eigenvalue weighted by Crippen LogP contribution is 2.16. The van der Waals surface area contributed by atoms with Crippen LogP contribution in [0.2, 0.25) is 5.02 Å². The molecular formula is C18H19ClN4OS. The van der Waals surface area contributed by atoms with E-state index in [2.05, 4.69) is 15.6 Å². The number of aromatic nitrogens is 3. The van der Waals surface area contributed by atoms with Gasteiger partial charge in [0.15, 0.2) is 5.82 Å². The van der Waals surface area contributed by atoms with Gasteiger partial charge in [0.1, 0.15) is 12.4 Å². The SMILES string of the molecule is CCc1n[nH]c(=S)n1NCc1ccc(OCc2ccc(Cl)cc2)cc1. The standard InChI is InChI=1S/C18H19ClN4OS/c1-2-17-21-22-18(25)23(17)20-11-13-5-9-16(10-6-13)24-12-14-3-7-15(19)8-4-14/h3-10,20H,2,11-12H2,1H3,(H,22,25). The van der Waals surface area contributed by atoms with Gasteiger partial charge in [0, 0.05) is 11.4 Å². The van der Waals surface area contributed by atoms with Crippen LogP contribution in [0.15, 0.2) is 48.5 Å². The topological polar surface area (TPSA) is 54.9 Å². The van der Waals surface area contributed by atoms with Gasteiger partial charge in [0.2, 0.25) is 4.77 Å². The summed E-state index contributed by atoms with van der Waals surface area (Å²) in [4.78, 5) is 0. The molecule has 1 heterocycles. The molecule has 1 aromatic heterocycles. The number of rotatable bonds is 7. The summed E-state index contributed by atoms with van der Waals surface area (Å²) in [5.74, 6) is 1.71. The predicted molar refractivity (Wildman–Crippen MR) is 102 cm³/mol. The van der Waals surface area contributed by atoms with Crippen LogP contribution in [-0.2, 0) is 19.6 Å². The van der Waals surface area contributed by atoms with E-state index >= 15 is 0 Å². The van der Waals surface area contributed by atoms with Crippen LogP contribution < -0.4 is 10.2 Å². The Kier molecular flexibility index (Phi) is 5.73. The van der Waals surface area contributed by atoms with Crippen LogP contribution >= 0.6 is 23.8 Å². The molecule has 2 aromatic carbocycles. The molecule has 7 heteroatoms. The van der Waals surface area contributed by atoms with Crippen molar-refractivity contribution in [3.05, 3.63) is 75.3 Å².